The molecule has 2 aromatic rings. The number of hydrogen-bond acceptors (Lipinski definition) is 3. The SMILES string of the molecule is COCc1cc(Cl)c2cc(F)cc(OC)c2n1. The number of hydrogen-bond donors (Lipinski definition) is 0. The van der Waals surface area contributed by atoms with Gasteiger partial charge in [-0.2, -0.15) is 0 Å². The van der Waals surface area contributed by atoms with E-state index in [1.165, 1.54) is 19.2 Å². The molecule has 0 fully saturated rings. The van der Waals surface area contributed by atoms with Gasteiger partial charge in [0.2, 0.25) is 0 Å². The van der Waals surface area contributed by atoms with Crippen LogP contribution in [-0.2, 0) is 11.3 Å². The molecule has 0 spiro atoms. The molecule has 0 aliphatic rings. The molecule has 90 valence electrons. The number of fused-ring (bicyclic) bond motifs is 1. The molecule has 1 aromatic carbocycles. The van der Waals surface area contributed by atoms with Gasteiger partial charge in [0.05, 0.1) is 24.4 Å². The van der Waals surface area contributed by atoms with Crippen molar-refractivity contribution in [1.82, 2.24) is 4.98 Å². The number of rotatable bonds is 3. The minimum absolute atomic E-state index is 0.343. The van der Waals surface area contributed by atoms with Crippen molar-refractivity contribution in [1.29, 1.82) is 0 Å². The third kappa shape index (κ3) is 2.33. The highest BCUT2D eigenvalue weighted by Gasteiger charge is 2.11. The largest absolute Gasteiger partial charge is 0.494 e. The molecule has 0 unspecified atom stereocenters. The first kappa shape index (κ1) is 12.1. The summed E-state index contributed by atoms with van der Waals surface area (Å²) in [5, 5.41) is 0.961. The van der Waals surface area contributed by atoms with Crippen LogP contribution < -0.4 is 4.74 Å². The summed E-state index contributed by atoms with van der Waals surface area (Å²) in [6, 6.07) is 4.28. The molecule has 0 saturated heterocycles. The summed E-state index contributed by atoms with van der Waals surface area (Å²) < 4.78 is 23.4. The fourth-order valence-electron chi connectivity index (χ4n) is 1.65. The average Bonchev–Trinajstić information content (AvgIpc) is 2.30. The molecular formula is C12H11ClFNO2. The third-order valence-electron chi connectivity index (χ3n) is 2.36. The Bertz CT molecular complexity index is 560. The van der Waals surface area contributed by atoms with E-state index in [0.29, 0.717) is 34.0 Å². The van der Waals surface area contributed by atoms with Gasteiger partial charge < -0.3 is 9.47 Å². The Morgan fingerprint density at radius 3 is 2.71 bits per heavy atom. The van der Waals surface area contributed by atoms with Gasteiger partial charge in [-0.1, -0.05) is 11.6 Å². The molecule has 0 amide bonds. The topological polar surface area (TPSA) is 31.4 Å². The second kappa shape index (κ2) is 4.85. The van der Waals surface area contributed by atoms with Crippen molar-refractivity contribution in [3.8, 4) is 5.75 Å². The summed E-state index contributed by atoms with van der Waals surface area (Å²) in [5.41, 5.74) is 1.21. The van der Waals surface area contributed by atoms with Crippen LogP contribution in [0.3, 0.4) is 0 Å². The van der Waals surface area contributed by atoms with Crippen molar-refractivity contribution in [3.05, 3.63) is 34.7 Å². The molecule has 0 saturated carbocycles. The van der Waals surface area contributed by atoms with Gasteiger partial charge in [0.15, 0.2) is 0 Å². The zero-order valence-corrected chi connectivity index (χ0v) is 10.2. The fourth-order valence-corrected chi connectivity index (χ4v) is 1.92. The molecule has 1 heterocycles. The number of ether oxygens (including phenoxy) is 2. The van der Waals surface area contributed by atoms with E-state index in [9.17, 15) is 4.39 Å². The zero-order chi connectivity index (χ0) is 12.4. The van der Waals surface area contributed by atoms with E-state index in [2.05, 4.69) is 4.98 Å². The van der Waals surface area contributed by atoms with Crippen LogP contribution in [0.5, 0.6) is 5.75 Å². The highest BCUT2D eigenvalue weighted by molar-refractivity contribution is 6.35. The molecule has 0 aliphatic heterocycles. The van der Waals surface area contributed by atoms with Crippen LogP contribution in [0, 0.1) is 5.82 Å². The number of pyridine rings is 1. The van der Waals surface area contributed by atoms with Gasteiger partial charge in [0.25, 0.3) is 0 Å². The Balaban J connectivity index is 2.72. The van der Waals surface area contributed by atoms with Crippen molar-refractivity contribution in [2.24, 2.45) is 0 Å². The summed E-state index contributed by atoms with van der Waals surface area (Å²) in [7, 11) is 3.04. The van der Waals surface area contributed by atoms with Gasteiger partial charge in [-0.05, 0) is 12.1 Å². The molecule has 0 N–H and O–H groups in total. The van der Waals surface area contributed by atoms with Crippen molar-refractivity contribution in [2.75, 3.05) is 14.2 Å². The predicted octanol–water partition coefficient (Wildman–Crippen LogP) is 3.18. The standard InChI is InChI=1S/C12H11ClFNO2/c1-16-6-8-5-10(13)9-3-7(14)4-11(17-2)12(9)15-8/h3-5H,6H2,1-2H3. The third-order valence-corrected chi connectivity index (χ3v) is 2.67. The molecule has 17 heavy (non-hydrogen) atoms. The lowest BCUT2D eigenvalue weighted by molar-refractivity contribution is 0.182. The van der Waals surface area contributed by atoms with E-state index in [1.807, 2.05) is 0 Å². The molecular weight excluding hydrogens is 245 g/mol. The van der Waals surface area contributed by atoms with Crippen LogP contribution in [0.1, 0.15) is 5.69 Å². The highest BCUT2D eigenvalue weighted by atomic mass is 35.5. The van der Waals surface area contributed by atoms with Gasteiger partial charge in [0, 0.05) is 18.6 Å². The quantitative estimate of drug-likeness (QED) is 0.844. The summed E-state index contributed by atoms with van der Waals surface area (Å²) in [6.07, 6.45) is 0. The van der Waals surface area contributed by atoms with E-state index in [4.69, 9.17) is 21.1 Å². The van der Waals surface area contributed by atoms with Gasteiger partial charge >= 0.3 is 0 Å². The Kier molecular flexibility index (Phi) is 3.45. The smallest absolute Gasteiger partial charge is 0.148 e. The van der Waals surface area contributed by atoms with E-state index in [0.717, 1.165) is 0 Å². The lowest BCUT2D eigenvalue weighted by atomic mass is 10.2. The molecule has 0 aliphatic carbocycles. The van der Waals surface area contributed by atoms with E-state index < -0.39 is 5.82 Å². The average molecular weight is 256 g/mol. The molecule has 0 bridgehead atoms. The van der Waals surface area contributed by atoms with Crippen LogP contribution in [0.2, 0.25) is 5.02 Å². The highest BCUT2D eigenvalue weighted by Crippen LogP contribution is 2.31. The first-order valence-corrected chi connectivity index (χ1v) is 5.35. The number of nitrogens with zero attached hydrogens (tertiary/aromatic N) is 1. The van der Waals surface area contributed by atoms with Crippen molar-refractivity contribution < 1.29 is 13.9 Å². The fraction of sp³-hybridized carbons (Fsp3) is 0.250. The molecule has 0 radical (unpaired) electrons. The molecule has 0 atom stereocenters. The van der Waals surface area contributed by atoms with Crippen LogP contribution >= 0.6 is 11.6 Å². The van der Waals surface area contributed by atoms with Crippen LogP contribution in [-0.4, -0.2) is 19.2 Å². The monoisotopic (exact) mass is 255 g/mol. The van der Waals surface area contributed by atoms with E-state index in [1.54, 1.807) is 13.2 Å². The van der Waals surface area contributed by atoms with E-state index >= 15 is 0 Å². The maximum absolute atomic E-state index is 13.3. The minimum Gasteiger partial charge on any atom is -0.494 e. The molecule has 5 heteroatoms. The molecule has 3 nitrogen and oxygen atoms in total. The molecule has 2 rings (SSSR count). The number of methoxy groups -OCH3 is 2. The van der Waals surface area contributed by atoms with Gasteiger partial charge in [-0.3, -0.25) is 0 Å². The van der Waals surface area contributed by atoms with Gasteiger partial charge in [-0.25, -0.2) is 9.37 Å². The number of aromatic nitrogens is 1. The van der Waals surface area contributed by atoms with Crippen LogP contribution in [0.4, 0.5) is 4.39 Å². The Hall–Kier alpha value is -1.39. The van der Waals surface area contributed by atoms with Gasteiger partial charge in [0.1, 0.15) is 17.1 Å². The van der Waals surface area contributed by atoms with Crippen LogP contribution in [0.15, 0.2) is 18.2 Å². The van der Waals surface area contributed by atoms with Crippen molar-refractivity contribution in [3.63, 3.8) is 0 Å². The van der Waals surface area contributed by atoms with Crippen molar-refractivity contribution in [2.45, 2.75) is 6.61 Å². The normalized spacial score (nSPS) is 10.8. The Morgan fingerprint density at radius 2 is 2.06 bits per heavy atom. The Morgan fingerprint density at radius 1 is 1.29 bits per heavy atom. The zero-order valence-electron chi connectivity index (χ0n) is 9.46. The maximum atomic E-state index is 13.3. The number of benzene rings is 1. The summed E-state index contributed by atoms with van der Waals surface area (Å²) in [5.74, 6) is -0.0441. The van der Waals surface area contributed by atoms with Crippen LogP contribution in [0.25, 0.3) is 10.9 Å². The minimum atomic E-state index is -0.405. The lowest BCUT2D eigenvalue weighted by Gasteiger charge is -2.08. The second-order valence-corrected chi connectivity index (χ2v) is 3.94. The van der Waals surface area contributed by atoms with Gasteiger partial charge in [-0.15, -0.1) is 0 Å². The summed E-state index contributed by atoms with van der Waals surface area (Å²) in [6.45, 7) is 0.343. The first-order chi connectivity index (χ1) is 8.15. The summed E-state index contributed by atoms with van der Waals surface area (Å²) >= 11 is 6.08. The van der Waals surface area contributed by atoms with E-state index in [-0.39, 0.29) is 0 Å². The number of halogens is 2. The predicted molar refractivity (Wildman–Crippen MR) is 64.0 cm³/mol. The Labute approximate surface area is 103 Å². The molecule has 1 aromatic heterocycles. The summed E-state index contributed by atoms with van der Waals surface area (Å²) in [4.78, 5) is 4.34. The lowest BCUT2D eigenvalue weighted by Crippen LogP contribution is -1.96. The second-order valence-electron chi connectivity index (χ2n) is 3.53. The maximum Gasteiger partial charge on any atom is 0.148 e. The van der Waals surface area contributed by atoms with Crippen molar-refractivity contribution >= 4 is 22.5 Å². The first-order valence-electron chi connectivity index (χ1n) is 4.97.